The molecule has 4 aliphatic carbocycles. The van der Waals surface area contributed by atoms with Crippen molar-refractivity contribution in [2.45, 2.75) is 81.1 Å². The molecule has 0 spiro atoms. The number of amides is 1. The molecule has 166 valence electrons. The van der Waals surface area contributed by atoms with Crippen LogP contribution < -0.4 is 10.0 Å². The minimum atomic E-state index is -3.92. The molecular weight excluding hydrogens is 404 g/mol. The van der Waals surface area contributed by atoms with Gasteiger partial charge in [-0.3, -0.25) is 4.79 Å². The summed E-state index contributed by atoms with van der Waals surface area (Å²) in [6, 6.07) is 5.99. The van der Waals surface area contributed by atoms with E-state index in [1.807, 2.05) is 0 Å². The molecule has 30 heavy (non-hydrogen) atoms. The Hall–Kier alpha value is -1.48. The number of rotatable bonds is 6. The molecule has 0 aliphatic heterocycles. The van der Waals surface area contributed by atoms with Gasteiger partial charge in [0.15, 0.2) is 0 Å². The van der Waals surface area contributed by atoms with Crippen LogP contribution in [0, 0.1) is 17.8 Å². The molecule has 5 rings (SSSR count). The molecule has 0 aromatic heterocycles. The van der Waals surface area contributed by atoms with Crippen molar-refractivity contribution < 1.29 is 23.4 Å². The summed E-state index contributed by atoms with van der Waals surface area (Å²) in [6.45, 7) is 6.37. The Morgan fingerprint density at radius 1 is 1.07 bits per heavy atom. The molecule has 7 nitrogen and oxygen atoms in total. The maximum Gasteiger partial charge on any atom is 0.241 e. The lowest BCUT2D eigenvalue weighted by Gasteiger charge is -2.39. The van der Waals surface area contributed by atoms with Gasteiger partial charge >= 0.3 is 0 Å². The van der Waals surface area contributed by atoms with Gasteiger partial charge in [0.2, 0.25) is 15.9 Å². The van der Waals surface area contributed by atoms with Crippen LogP contribution in [0.25, 0.3) is 0 Å². The number of carbonyl (C=O) groups excluding carboxylic acids is 1. The highest BCUT2D eigenvalue weighted by atomic mass is 32.2. The van der Waals surface area contributed by atoms with Gasteiger partial charge in [-0.1, -0.05) is 12.1 Å². The third-order valence-electron chi connectivity index (χ3n) is 7.21. The number of aliphatic hydroxyl groups is 2. The van der Waals surface area contributed by atoms with Gasteiger partial charge in [0.25, 0.3) is 0 Å². The molecule has 4 fully saturated rings. The van der Waals surface area contributed by atoms with Crippen molar-refractivity contribution in [1.82, 2.24) is 10.0 Å². The molecule has 5 atom stereocenters. The Morgan fingerprint density at radius 3 is 2.23 bits per heavy atom. The van der Waals surface area contributed by atoms with Gasteiger partial charge in [0.05, 0.1) is 16.1 Å². The quantitative estimate of drug-likeness (QED) is 0.541. The van der Waals surface area contributed by atoms with Crippen molar-refractivity contribution in [3.63, 3.8) is 0 Å². The second-order valence-electron chi connectivity index (χ2n) is 10.6. The average Bonchev–Trinajstić information content (AvgIpc) is 2.98. The van der Waals surface area contributed by atoms with Crippen LogP contribution >= 0.6 is 0 Å². The fraction of sp³-hybridized carbons (Fsp3) is 0.682. The van der Waals surface area contributed by atoms with Crippen LogP contribution in [-0.4, -0.2) is 41.7 Å². The molecule has 8 heteroatoms. The highest BCUT2D eigenvalue weighted by Crippen LogP contribution is 2.59. The first kappa shape index (κ1) is 21.7. The van der Waals surface area contributed by atoms with Crippen molar-refractivity contribution in [3.8, 4) is 0 Å². The van der Waals surface area contributed by atoms with Crippen LogP contribution in [0.1, 0.15) is 58.9 Å². The number of hydrogen-bond donors (Lipinski definition) is 4. The third-order valence-corrected chi connectivity index (χ3v) is 8.88. The standard InChI is InChI=1S/C22H32N2O5S/c1-20(2,24-30(28,29)16-7-5-15(6-8-16)21(3,4)26)19(25)23-18-14-9-13-10-22(27,11-14)12-17(13)18/h5-8,13-14,17-18,24,26-27H,9-12H2,1-4H3,(H,23,25). The maximum atomic E-state index is 13.0. The van der Waals surface area contributed by atoms with Gasteiger partial charge in [-0.05, 0) is 88.8 Å². The van der Waals surface area contributed by atoms with E-state index < -0.39 is 26.8 Å². The number of sulfonamides is 1. The maximum absolute atomic E-state index is 13.0. The van der Waals surface area contributed by atoms with Crippen LogP contribution in [0.4, 0.5) is 0 Å². The van der Waals surface area contributed by atoms with Crippen LogP contribution in [-0.2, 0) is 20.4 Å². The average molecular weight is 437 g/mol. The first-order valence-corrected chi connectivity index (χ1v) is 12.1. The van der Waals surface area contributed by atoms with Gasteiger partial charge in [0, 0.05) is 6.04 Å². The van der Waals surface area contributed by atoms with Crippen LogP contribution in [0.15, 0.2) is 29.2 Å². The van der Waals surface area contributed by atoms with E-state index in [9.17, 15) is 23.4 Å². The third kappa shape index (κ3) is 3.79. The van der Waals surface area contributed by atoms with Crippen molar-refractivity contribution >= 4 is 15.9 Å². The highest BCUT2D eigenvalue weighted by molar-refractivity contribution is 7.89. The topological polar surface area (TPSA) is 116 Å². The zero-order chi connectivity index (χ0) is 22.1. The molecule has 1 aromatic rings. The van der Waals surface area contributed by atoms with Crippen LogP contribution in [0.5, 0.6) is 0 Å². The van der Waals surface area contributed by atoms with Crippen molar-refractivity contribution in [2.24, 2.45) is 17.8 Å². The normalized spacial score (nSPS) is 33.1. The molecule has 4 N–H and O–H groups in total. The fourth-order valence-corrected chi connectivity index (χ4v) is 7.17. The van der Waals surface area contributed by atoms with E-state index in [2.05, 4.69) is 10.0 Å². The summed E-state index contributed by atoms with van der Waals surface area (Å²) in [5, 5.41) is 23.7. The van der Waals surface area contributed by atoms with Crippen molar-refractivity contribution in [1.29, 1.82) is 0 Å². The Morgan fingerprint density at radius 2 is 1.67 bits per heavy atom. The molecule has 4 saturated carbocycles. The summed E-state index contributed by atoms with van der Waals surface area (Å²) in [7, 11) is -3.92. The molecule has 1 aromatic carbocycles. The first-order chi connectivity index (χ1) is 13.7. The molecule has 5 unspecified atom stereocenters. The highest BCUT2D eigenvalue weighted by Gasteiger charge is 2.60. The van der Waals surface area contributed by atoms with Crippen LogP contribution in [0.3, 0.4) is 0 Å². The molecule has 0 radical (unpaired) electrons. The van der Waals surface area contributed by atoms with E-state index in [0.717, 1.165) is 19.3 Å². The molecule has 0 saturated heterocycles. The largest absolute Gasteiger partial charge is 0.390 e. The number of hydrogen-bond acceptors (Lipinski definition) is 5. The number of benzene rings is 1. The SMILES string of the molecule is CC(C)(NS(=O)(=O)c1ccc(C(C)(C)O)cc1)C(=O)NC1C2CC3CC(O)(C2)CC31. The smallest absolute Gasteiger partial charge is 0.241 e. The molecule has 4 bridgehead atoms. The second-order valence-corrected chi connectivity index (χ2v) is 12.3. The minimum absolute atomic E-state index is 0.000114. The molecule has 0 heterocycles. The lowest BCUT2D eigenvalue weighted by Crippen LogP contribution is -2.59. The summed E-state index contributed by atoms with van der Waals surface area (Å²) in [6.07, 6.45) is 3.28. The van der Waals surface area contributed by atoms with Gasteiger partial charge in [-0.15, -0.1) is 0 Å². The van der Waals surface area contributed by atoms with E-state index in [1.54, 1.807) is 39.8 Å². The minimum Gasteiger partial charge on any atom is -0.390 e. The summed E-state index contributed by atoms with van der Waals surface area (Å²) < 4.78 is 28.2. The second kappa shape index (κ2) is 6.76. The Labute approximate surface area is 178 Å². The van der Waals surface area contributed by atoms with Crippen molar-refractivity contribution in [2.75, 3.05) is 0 Å². The zero-order valence-corrected chi connectivity index (χ0v) is 18.8. The van der Waals surface area contributed by atoms with Crippen LogP contribution in [0.2, 0.25) is 0 Å². The first-order valence-electron chi connectivity index (χ1n) is 10.6. The van der Waals surface area contributed by atoms with Gasteiger partial charge in [-0.2, -0.15) is 4.72 Å². The predicted molar refractivity (Wildman–Crippen MR) is 112 cm³/mol. The van der Waals surface area contributed by atoms with Crippen molar-refractivity contribution in [3.05, 3.63) is 29.8 Å². The number of carbonyl (C=O) groups is 1. The van der Waals surface area contributed by atoms with E-state index in [1.165, 1.54) is 12.1 Å². The predicted octanol–water partition coefficient (Wildman–Crippen LogP) is 1.64. The fourth-order valence-electron chi connectivity index (χ4n) is 5.80. The lowest BCUT2D eigenvalue weighted by molar-refractivity contribution is -0.128. The Balaban J connectivity index is 1.45. The van der Waals surface area contributed by atoms with E-state index >= 15 is 0 Å². The molecule has 1 amide bonds. The van der Waals surface area contributed by atoms with E-state index in [0.29, 0.717) is 17.9 Å². The summed E-state index contributed by atoms with van der Waals surface area (Å²) >= 11 is 0. The summed E-state index contributed by atoms with van der Waals surface area (Å²) in [4.78, 5) is 13.1. The van der Waals surface area contributed by atoms with Gasteiger partial charge in [-0.25, -0.2) is 8.42 Å². The number of nitrogens with one attached hydrogen (secondary N) is 2. The Kier molecular flexibility index (Phi) is 4.90. The summed E-state index contributed by atoms with van der Waals surface area (Å²) in [5.41, 5.74) is -2.36. The lowest BCUT2D eigenvalue weighted by atomic mass is 9.76. The molecule has 4 aliphatic rings. The van der Waals surface area contributed by atoms with E-state index in [-0.39, 0.29) is 28.7 Å². The van der Waals surface area contributed by atoms with Gasteiger partial charge < -0.3 is 15.5 Å². The van der Waals surface area contributed by atoms with Gasteiger partial charge in [0.1, 0.15) is 5.54 Å². The summed E-state index contributed by atoms with van der Waals surface area (Å²) in [5.74, 6) is 0.637. The monoisotopic (exact) mass is 436 g/mol. The van der Waals surface area contributed by atoms with E-state index in [4.69, 9.17) is 0 Å². The zero-order valence-electron chi connectivity index (χ0n) is 18.0. The Bertz CT molecular complexity index is 947. The molecular formula is C22H32N2O5S.